The van der Waals surface area contributed by atoms with Crippen LogP contribution in [0, 0.1) is 11.6 Å². The van der Waals surface area contributed by atoms with E-state index in [1.165, 1.54) is 7.11 Å². The Kier molecular flexibility index (Phi) is 5.27. The average molecular weight is 354 g/mol. The van der Waals surface area contributed by atoms with E-state index in [9.17, 15) is 13.6 Å². The number of hydrogen-bond acceptors (Lipinski definition) is 3. The summed E-state index contributed by atoms with van der Waals surface area (Å²) in [5.41, 5.74) is 2.60. The second-order valence-corrected chi connectivity index (χ2v) is 5.64. The van der Waals surface area contributed by atoms with Crippen molar-refractivity contribution in [2.75, 3.05) is 7.11 Å². The Hall–Kier alpha value is -3.21. The normalized spacial score (nSPS) is 10.4. The minimum Gasteiger partial charge on any atom is -0.496 e. The van der Waals surface area contributed by atoms with Crippen LogP contribution in [-0.4, -0.2) is 13.4 Å². The van der Waals surface area contributed by atoms with E-state index >= 15 is 0 Å². The predicted molar refractivity (Wildman–Crippen MR) is 94.5 cm³/mol. The van der Waals surface area contributed by atoms with Crippen molar-refractivity contribution in [3.63, 3.8) is 0 Å². The maximum absolute atomic E-state index is 13.6. The molecule has 0 saturated carbocycles. The van der Waals surface area contributed by atoms with Gasteiger partial charge in [0.1, 0.15) is 24.4 Å². The number of carbonyl (C=O) groups excluding carboxylic acids is 1. The van der Waals surface area contributed by atoms with Crippen LogP contribution in [0.2, 0.25) is 0 Å². The van der Waals surface area contributed by atoms with E-state index in [0.717, 1.165) is 24.0 Å². The van der Waals surface area contributed by atoms with Gasteiger partial charge in [-0.15, -0.1) is 0 Å². The van der Waals surface area contributed by atoms with Gasteiger partial charge < -0.3 is 9.47 Å². The van der Waals surface area contributed by atoms with Gasteiger partial charge in [0.05, 0.1) is 7.11 Å². The molecular weight excluding hydrogens is 338 g/mol. The smallest absolute Gasteiger partial charge is 0.162 e. The van der Waals surface area contributed by atoms with E-state index in [4.69, 9.17) is 9.47 Å². The van der Waals surface area contributed by atoms with Crippen LogP contribution in [0.4, 0.5) is 8.78 Å². The number of hydrogen-bond donors (Lipinski definition) is 0. The SMILES string of the molecule is COc1cc(F)c(F)cc1-c1ccc(OCc2cccc(C=O)c2)cc1. The maximum atomic E-state index is 13.6. The summed E-state index contributed by atoms with van der Waals surface area (Å²) >= 11 is 0. The monoisotopic (exact) mass is 354 g/mol. The molecule has 3 aromatic rings. The Balaban J connectivity index is 1.76. The maximum Gasteiger partial charge on any atom is 0.162 e. The summed E-state index contributed by atoms with van der Waals surface area (Å²) in [6.45, 7) is 0.315. The second-order valence-electron chi connectivity index (χ2n) is 5.64. The molecule has 0 fully saturated rings. The number of halogens is 2. The van der Waals surface area contributed by atoms with Crippen LogP contribution in [-0.2, 0) is 6.61 Å². The standard InChI is InChI=1S/C21H16F2O3/c1-25-21-11-20(23)19(22)10-18(21)16-5-7-17(8-6-16)26-13-15-4-2-3-14(9-15)12-24/h2-12H,13H2,1H3. The lowest BCUT2D eigenvalue weighted by molar-refractivity contribution is 0.112. The minimum atomic E-state index is -0.955. The van der Waals surface area contributed by atoms with Gasteiger partial charge in [-0.25, -0.2) is 8.78 Å². The molecule has 0 aliphatic heterocycles. The topological polar surface area (TPSA) is 35.5 Å². The first-order valence-corrected chi connectivity index (χ1v) is 7.91. The van der Waals surface area contributed by atoms with E-state index in [0.29, 0.717) is 29.0 Å². The highest BCUT2D eigenvalue weighted by atomic mass is 19.2. The molecule has 132 valence electrons. The molecule has 0 bridgehead atoms. The molecule has 0 radical (unpaired) electrons. The van der Waals surface area contributed by atoms with Gasteiger partial charge in [-0.05, 0) is 35.4 Å². The number of benzene rings is 3. The number of aldehydes is 1. The van der Waals surface area contributed by atoms with E-state index in [2.05, 4.69) is 0 Å². The first kappa shape index (κ1) is 17.6. The lowest BCUT2D eigenvalue weighted by Crippen LogP contribution is -1.96. The molecule has 3 aromatic carbocycles. The molecule has 0 amide bonds. The molecule has 0 aromatic heterocycles. The largest absolute Gasteiger partial charge is 0.496 e. The Morgan fingerprint density at radius 3 is 2.38 bits per heavy atom. The molecule has 3 rings (SSSR count). The molecular formula is C21H16F2O3. The molecule has 0 spiro atoms. The van der Waals surface area contributed by atoms with Crippen LogP contribution in [0.15, 0.2) is 60.7 Å². The van der Waals surface area contributed by atoms with Crippen LogP contribution in [0.25, 0.3) is 11.1 Å². The fraction of sp³-hybridized carbons (Fsp3) is 0.0952. The fourth-order valence-electron chi connectivity index (χ4n) is 2.58. The summed E-state index contributed by atoms with van der Waals surface area (Å²) in [7, 11) is 1.40. The lowest BCUT2D eigenvalue weighted by atomic mass is 10.0. The summed E-state index contributed by atoms with van der Waals surface area (Å²) in [4.78, 5) is 10.8. The van der Waals surface area contributed by atoms with Crippen molar-refractivity contribution < 1.29 is 23.0 Å². The fourth-order valence-corrected chi connectivity index (χ4v) is 2.58. The first-order valence-electron chi connectivity index (χ1n) is 7.91. The van der Waals surface area contributed by atoms with Crippen molar-refractivity contribution >= 4 is 6.29 Å². The molecule has 0 saturated heterocycles. The molecule has 5 heteroatoms. The summed E-state index contributed by atoms with van der Waals surface area (Å²) in [5.74, 6) is -1.02. The molecule has 0 aliphatic rings. The van der Waals surface area contributed by atoms with Crippen molar-refractivity contribution in [3.8, 4) is 22.6 Å². The third kappa shape index (κ3) is 3.88. The molecule has 0 N–H and O–H groups in total. The predicted octanol–water partition coefficient (Wildman–Crippen LogP) is 5.03. The van der Waals surface area contributed by atoms with Crippen LogP contribution in [0.5, 0.6) is 11.5 Å². The highest BCUT2D eigenvalue weighted by Crippen LogP contribution is 2.33. The second kappa shape index (κ2) is 7.78. The van der Waals surface area contributed by atoms with Gasteiger partial charge in [0.15, 0.2) is 11.6 Å². The van der Waals surface area contributed by atoms with Gasteiger partial charge in [-0.3, -0.25) is 4.79 Å². The molecule has 0 aliphatic carbocycles. The van der Waals surface area contributed by atoms with E-state index < -0.39 is 11.6 Å². The molecule has 3 nitrogen and oxygen atoms in total. The van der Waals surface area contributed by atoms with Gasteiger partial charge in [-0.2, -0.15) is 0 Å². The van der Waals surface area contributed by atoms with Crippen LogP contribution < -0.4 is 9.47 Å². The molecule has 26 heavy (non-hydrogen) atoms. The van der Waals surface area contributed by atoms with Gasteiger partial charge in [0, 0.05) is 17.2 Å². The van der Waals surface area contributed by atoms with Crippen molar-refractivity contribution in [1.82, 2.24) is 0 Å². The first-order chi connectivity index (χ1) is 12.6. The molecule has 0 atom stereocenters. The quantitative estimate of drug-likeness (QED) is 0.582. The highest BCUT2D eigenvalue weighted by molar-refractivity contribution is 5.75. The third-order valence-corrected chi connectivity index (χ3v) is 3.90. The van der Waals surface area contributed by atoms with Crippen LogP contribution >= 0.6 is 0 Å². The van der Waals surface area contributed by atoms with E-state index in [1.54, 1.807) is 42.5 Å². The zero-order chi connectivity index (χ0) is 18.5. The third-order valence-electron chi connectivity index (χ3n) is 3.90. The number of methoxy groups -OCH3 is 1. The zero-order valence-corrected chi connectivity index (χ0v) is 14.0. The van der Waals surface area contributed by atoms with Crippen LogP contribution in [0.1, 0.15) is 15.9 Å². The minimum absolute atomic E-state index is 0.253. The van der Waals surface area contributed by atoms with Crippen molar-refractivity contribution in [1.29, 1.82) is 0 Å². The summed E-state index contributed by atoms with van der Waals surface area (Å²) in [6.07, 6.45) is 0.785. The van der Waals surface area contributed by atoms with E-state index in [1.807, 2.05) is 6.07 Å². The van der Waals surface area contributed by atoms with E-state index in [-0.39, 0.29) is 5.75 Å². The Morgan fingerprint density at radius 1 is 0.962 bits per heavy atom. The van der Waals surface area contributed by atoms with Gasteiger partial charge >= 0.3 is 0 Å². The Labute approximate surface area is 149 Å². The average Bonchev–Trinajstić information content (AvgIpc) is 2.68. The van der Waals surface area contributed by atoms with Gasteiger partial charge in [0.25, 0.3) is 0 Å². The Morgan fingerprint density at radius 2 is 1.69 bits per heavy atom. The van der Waals surface area contributed by atoms with Crippen molar-refractivity contribution in [3.05, 3.63) is 83.4 Å². The van der Waals surface area contributed by atoms with Crippen molar-refractivity contribution in [2.24, 2.45) is 0 Å². The summed E-state index contributed by atoms with van der Waals surface area (Å²) in [5, 5.41) is 0. The summed E-state index contributed by atoms with van der Waals surface area (Å²) in [6, 6.07) is 16.2. The summed E-state index contributed by atoms with van der Waals surface area (Å²) < 4.78 is 37.7. The number of rotatable bonds is 6. The van der Waals surface area contributed by atoms with Crippen LogP contribution in [0.3, 0.4) is 0 Å². The zero-order valence-electron chi connectivity index (χ0n) is 14.0. The molecule has 0 unspecified atom stereocenters. The van der Waals surface area contributed by atoms with Crippen molar-refractivity contribution in [2.45, 2.75) is 6.61 Å². The number of ether oxygens (including phenoxy) is 2. The number of carbonyl (C=O) groups is 1. The Bertz CT molecular complexity index is 921. The van der Waals surface area contributed by atoms with Gasteiger partial charge in [0.2, 0.25) is 0 Å². The molecule has 0 heterocycles. The lowest BCUT2D eigenvalue weighted by Gasteiger charge is -2.11. The van der Waals surface area contributed by atoms with Gasteiger partial charge in [-0.1, -0.05) is 30.3 Å². The highest BCUT2D eigenvalue weighted by Gasteiger charge is 2.12.